The molecule has 0 saturated heterocycles. The fourth-order valence-corrected chi connectivity index (χ4v) is 6.23. The highest BCUT2D eigenvalue weighted by Gasteiger charge is 2.23. The SMILES string of the molecule is CCCCCCCC/C=C/C=C/[C@@H](O)[C@H](COP(=O)([O-])OCC[N+](C)(C)C)NC(=O)CCCCCCCCCCCCCCCCCC. The Morgan fingerprint density at radius 3 is 1.67 bits per heavy atom. The number of amides is 1. The third kappa shape index (κ3) is 33.5. The van der Waals surface area contributed by atoms with E-state index < -0.39 is 26.6 Å². The van der Waals surface area contributed by atoms with Gasteiger partial charge in [-0.15, -0.1) is 0 Å². The number of nitrogens with one attached hydrogen (secondary N) is 1. The molecule has 0 spiro atoms. The van der Waals surface area contributed by atoms with E-state index in [1.807, 2.05) is 27.2 Å². The van der Waals surface area contributed by atoms with Crippen LogP contribution in [0.2, 0.25) is 0 Å². The van der Waals surface area contributed by atoms with Gasteiger partial charge >= 0.3 is 0 Å². The van der Waals surface area contributed by atoms with E-state index in [-0.39, 0.29) is 12.5 Å². The van der Waals surface area contributed by atoms with Crippen LogP contribution in [-0.2, 0) is 18.4 Å². The first-order valence-corrected chi connectivity index (χ1v) is 21.2. The van der Waals surface area contributed by atoms with Crippen LogP contribution in [0.3, 0.4) is 0 Å². The highest BCUT2D eigenvalue weighted by molar-refractivity contribution is 7.45. The molecule has 0 heterocycles. The zero-order valence-corrected chi connectivity index (χ0v) is 32.8. The predicted octanol–water partition coefficient (Wildman–Crippen LogP) is 9.55. The van der Waals surface area contributed by atoms with E-state index in [4.69, 9.17) is 9.05 Å². The standard InChI is InChI=1S/C39H77N2O6P/c1-6-8-10-12-14-16-18-19-20-21-22-23-25-27-29-31-33-39(43)40-37(36-47-48(44,45)46-35-34-41(3,4)5)38(42)32-30-28-26-24-17-15-13-11-9-7-2/h26,28,30,32,37-38,42H,6-25,27,29,31,33-36H2,1-5H3,(H-,40,43,44,45)/b28-26+,32-30+/t37-,38+/m0/s1. The van der Waals surface area contributed by atoms with Crippen LogP contribution in [0.4, 0.5) is 0 Å². The lowest BCUT2D eigenvalue weighted by atomic mass is 10.0. The Hall–Kier alpha value is -1.02. The molecule has 0 aromatic heterocycles. The molecule has 0 fully saturated rings. The summed E-state index contributed by atoms with van der Waals surface area (Å²) in [5, 5.41) is 13.6. The number of phosphoric ester groups is 1. The monoisotopic (exact) mass is 701 g/mol. The topological polar surface area (TPSA) is 108 Å². The van der Waals surface area contributed by atoms with Crippen molar-refractivity contribution in [2.24, 2.45) is 0 Å². The molecular formula is C39H77N2O6P. The molecule has 0 aliphatic carbocycles. The van der Waals surface area contributed by atoms with Crippen molar-refractivity contribution in [3.8, 4) is 0 Å². The minimum absolute atomic E-state index is 0.00753. The van der Waals surface area contributed by atoms with Crippen LogP contribution >= 0.6 is 7.82 Å². The minimum Gasteiger partial charge on any atom is -0.756 e. The number of phosphoric acid groups is 1. The van der Waals surface area contributed by atoms with Gasteiger partial charge in [0, 0.05) is 6.42 Å². The Morgan fingerprint density at radius 2 is 1.19 bits per heavy atom. The average molecular weight is 701 g/mol. The van der Waals surface area contributed by atoms with Crippen LogP contribution < -0.4 is 10.2 Å². The summed E-state index contributed by atoms with van der Waals surface area (Å²) in [4.78, 5) is 25.1. The Labute approximate surface area is 296 Å². The van der Waals surface area contributed by atoms with Gasteiger partial charge in [-0.25, -0.2) is 0 Å². The lowest BCUT2D eigenvalue weighted by molar-refractivity contribution is -0.870. The Balaban J connectivity index is 4.48. The summed E-state index contributed by atoms with van der Waals surface area (Å²) in [6.07, 6.45) is 35.2. The Kier molecular flexibility index (Phi) is 31.2. The van der Waals surface area contributed by atoms with Gasteiger partial charge in [-0.1, -0.05) is 167 Å². The molecule has 3 atom stereocenters. The number of hydrogen-bond acceptors (Lipinski definition) is 6. The molecule has 0 saturated carbocycles. The second kappa shape index (κ2) is 31.9. The zero-order chi connectivity index (χ0) is 35.8. The largest absolute Gasteiger partial charge is 0.756 e. The van der Waals surface area contributed by atoms with E-state index in [0.29, 0.717) is 17.4 Å². The van der Waals surface area contributed by atoms with Crippen molar-refractivity contribution >= 4 is 13.7 Å². The number of unbranched alkanes of at least 4 members (excludes halogenated alkanes) is 21. The van der Waals surface area contributed by atoms with Gasteiger partial charge in [0.15, 0.2) is 0 Å². The number of carbonyl (C=O) groups is 1. The van der Waals surface area contributed by atoms with Crippen LogP contribution in [0, 0.1) is 0 Å². The maximum absolute atomic E-state index is 12.8. The van der Waals surface area contributed by atoms with Crippen molar-refractivity contribution in [2.75, 3.05) is 40.9 Å². The quantitative estimate of drug-likeness (QED) is 0.0295. The molecule has 1 amide bonds. The number of likely N-dealkylation sites (N-methyl/N-ethyl adjacent to an activating group) is 1. The number of aliphatic hydroxyl groups excluding tert-OH is 1. The van der Waals surface area contributed by atoms with Crippen LogP contribution in [0.15, 0.2) is 24.3 Å². The second-order valence-electron chi connectivity index (χ2n) is 14.7. The summed E-state index contributed by atoms with van der Waals surface area (Å²) < 4.78 is 23.0. The molecular weight excluding hydrogens is 623 g/mol. The lowest BCUT2D eigenvalue weighted by Gasteiger charge is -2.29. The molecule has 0 bridgehead atoms. The van der Waals surface area contributed by atoms with Gasteiger partial charge in [-0.05, 0) is 19.3 Å². The van der Waals surface area contributed by atoms with Crippen molar-refractivity contribution in [2.45, 2.75) is 180 Å². The van der Waals surface area contributed by atoms with Crippen molar-refractivity contribution in [3.63, 3.8) is 0 Å². The summed E-state index contributed by atoms with van der Waals surface area (Å²) in [5.74, 6) is -0.216. The first-order valence-electron chi connectivity index (χ1n) is 19.7. The van der Waals surface area contributed by atoms with Crippen LogP contribution in [0.5, 0.6) is 0 Å². The van der Waals surface area contributed by atoms with Gasteiger partial charge in [0.25, 0.3) is 7.82 Å². The number of carbonyl (C=O) groups excluding carboxylic acids is 1. The highest BCUT2D eigenvalue weighted by atomic mass is 31.2. The van der Waals surface area contributed by atoms with Gasteiger partial charge in [0.2, 0.25) is 5.91 Å². The number of aliphatic hydroxyl groups is 1. The Morgan fingerprint density at radius 1 is 0.729 bits per heavy atom. The van der Waals surface area contributed by atoms with E-state index in [2.05, 4.69) is 25.2 Å². The molecule has 0 aliphatic rings. The number of allylic oxidation sites excluding steroid dienone is 3. The number of nitrogens with zero attached hydrogens (tertiary/aromatic N) is 1. The molecule has 0 radical (unpaired) electrons. The molecule has 9 heteroatoms. The summed E-state index contributed by atoms with van der Waals surface area (Å²) in [5.41, 5.74) is 0. The smallest absolute Gasteiger partial charge is 0.268 e. The zero-order valence-electron chi connectivity index (χ0n) is 31.9. The molecule has 284 valence electrons. The molecule has 0 rings (SSSR count). The molecule has 0 aromatic carbocycles. The Bertz CT molecular complexity index is 845. The lowest BCUT2D eigenvalue weighted by Crippen LogP contribution is -2.45. The van der Waals surface area contributed by atoms with E-state index in [0.717, 1.165) is 32.1 Å². The highest BCUT2D eigenvalue weighted by Crippen LogP contribution is 2.38. The summed E-state index contributed by atoms with van der Waals surface area (Å²) in [6.45, 7) is 4.57. The van der Waals surface area contributed by atoms with Gasteiger partial charge in [-0.3, -0.25) is 9.36 Å². The van der Waals surface area contributed by atoms with Crippen LogP contribution in [-0.4, -0.2) is 68.5 Å². The number of rotatable bonds is 35. The summed E-state index contributed by atoms with van der Waals surface area (Å²) in [7, 11) is 1.23. The molecule has 1 unspecified atom stereocenters. The predicted molar refractivity (Wildman–Crippen MR) is 201 cm³/mol. The molecule has 8 nitrogen and oxygen atoms in total. The molecule has 48 heavy (non-hydrogen) atoms. The second-order valence-corrected chi connectivity index (χ2v) is 16.1. The van der Waals surface area contributed by atoms with Crippen molar-refractivity contribution in [1.29, 1.82) is 0 Å². The van der Waals surface area contributed by atoms with Crippen LogP contribution in [0.1, 0.15) is 168 Å². The maximum Gasteiger partial charge on any atom is 0.268 e. The van der Waals surface area contributed by atoms with E-state index in [9.17, 15) is 19.4 Å². The molecule has 0 aromatic rings. The molecule has 2 N–H and O–H groups in total. The maximum atomic E-state index is 12.8. The number of hydrogen-bond donors (Lipinski definition) is 2. The third-order valence-corrected chi connectivity index (χ3v) is 9.68. The third-order valence-electron chi connectivity index (χ3n) is 8.72. The van der Waals surface area contributed by atoms with Crippen molar-refractivity contribution in [3.05, 3.63) is 24.3 Å². The fourth-order valence-electron chi connectivity index (χ4n) is 5.50. The first-order chi connectivity index (χ1) is 23.0. The van der Waals surface area contributed by atoms with Gasteiger partial charge in [-0.2, -0.15) is 0 Å². The number of quaternary nitrogens is 1. The molecule has 0 aliphatic heterocycles. The van der Waals surface area contributed by atoms with E-state index in [1.165, 1.54) is 116 Å². The van der Waals surface area contributed by atoms with E-state index in [1.54, 1.807) is 12.2 Å². The van der Waals surface area contributed by atoms with Gasteiger partial charge < -0.3 is 28.8 Å². The van der Waals surface area contributed by atoms with E-state index >= 15 is 0 Å². The van der Waals surface area contributed by atoms with Crippen LogP contribution in [0.25, 0.3) is 0 Å². The summed E-state index contributed by atoms with van der Waals surface area (Å²) in [6, 6.07) is -0.911. The van der Waals surface area contributed by atoms with Crippen molar-refractivity contribution < 1.29 is 32.9 Å². The fraction of sp³-hybridized carbons (Fsp3) is 0.872. The van der Waals surface area contributed by atoms with Crippen molar-refractivity contribution in [1.82, 2.24) is 5.32 Å². The van der Waals surface area contributed by atoms with Gasteiger partial charge in [0.1, 0.15) is 13.2 Å². The average Bonchev–Trinajstić information content (AvgIpc) is 3.02. The normalized spacial score (nSPS) is 14.9. The van der Waals surface area contributed by atoms with Gasteiger partial charge in [0.05, 0.1) is 39.9 Å². The summed E-state index contributed by atoms with van der Waals surface area (Å²) >= 11 is 0. The minimum atomic E-state index is -4.59. The first kappa shape index (κ1) is 47.0.